The van der Waals surface area contributed by atoms with Crippen LogP contribution >= 0.6 is 0 Å². The van der Waals surface area contributed by atoms with Crippen LogP contribution in [0.2, 0.25) is 0 Å². The molecule has 0 radical (unpaired) electrons. The minimum absolute atomic E-state index is 0.196. The topological polar surface area (TPSA) is 15.6 Å². The second-order valence-electron chi connectivity index (χ2n) is 5.71. The molecule has 116 valence electrons. The fraction of sp³-hybridized carbons (Fsp3) is 0.316. The molecule has 2 aromatic rings. The maximum Gasteiger partial charge on any atom is 0.128 e. The van der Waals surface area contributed by atoms with Gasteiger partial charge in [-0.05, 0) is 37.5 Å². The maximum atomic E-state index is 14.3. The highest BCUT2D eigenvalue weighted by atomic mass is 19.1. The Balaban J connectivity index is 2.24. The zero-order chi connectivity index (χ0) is 16.1. The van der Waals surface area contributed by atoms with Crippen LogP contribution in [0.25, 0.3) is 0 Å². The zero-order valence-electron chi connectivity index (χ0n) is 13.7. The lowest BCUT2D eigenvalue weighted by atomic mass is 10.0. The third-order valence-corrected chi connectivity index (χ3v) is 3.73. The van der Waals surface area contributed by atoms with E-state index in [4.69, 9.17) is 0 Å². The molecule has 2 rings (SSSR count). The smallest absolute Gasteiger partial charge is 0.128 e. The molecule has 0 aliphatic heterocycles. The van der Waals surface area contributed by atoms with Crippen molar-refractivity contribution in [2.75, 3.05) is 13.6 Å². The van der Waals surface area contributed by atoms with Crippen molar-refractivity contribution in [2.45, 2.75) is 27.2 Å². The first-order valence-electron chi connectivity index (χ1n) is 7.58. The Morgan fingerprint density at radius 1 is 1.18 bits per heavy atom. The third-order valence-electron chi connectivity index (χ3n) is 3.73. The number of benzene rings is 2. The Morgan fingerprint density at radius 3 is 2.64 bits per heavy atom. The van der Waals surface area contributed by atoms with Gasteiger partial charge < -0.3 is 4.90 Å². The Labute approximate surface area is 132 Å². The van der Waals surface area contributed by atoms with Crippen LogP contribution in [0.4, 0.5) is 10.1 Å². The molecule has 0 heterocycles. The minimum atomic E-state index is -0.196. The molecule has 2 aromatic carbocycles. The van der Waals surface area contributed by atoms with Gasteiger partial charge in [0.2, 0.25) is 0 Å². The highest BCUT2D eigenvalue weighted by Gasteiger charge is 2.08. The zero-order valence-corrected chi connectivity index (χ0v) is 13.7. The van der Waals surface area contributed by atoms with E-state index >= 15 is 0 Å². The lowest BCUT2D eigenvalue weighted by Gasteiger charge is -2.11. The fourth-order valence-electron chi connectivity index (χ4n) is 2.29. The molecular weight excluding hydrogens is 275 g/mol. The molecule has 3 heteroatoms. The summed E-state index contributed by atoms with van der Waals surface area (Å²) in [4.78, 5) is 6.32. The molecule has 0 unspecified atom stereocenters. The first-order valence-corrected chi connectivity index (χ1v) is 7.58. The van der Waals surface area contributed by atoms with Crippen LogP contribution in [0.1, 0.15) is 29.2 Å². The summed E-state index contributed by atoms with van der Waals surface area (Å²) in [6, 6.07) is 11.6. The average Bonchev–Trinajstić information content (AvgIpc) is 2.49. The molecule has 0 N–H and O–H groups in total. The van der Waals surface area contributed by atoms with Crippen LogP contribution in [-0.2, 0) is 6.42 Å². The van der Waals surface area contributed by atoms with Crippen LogP contribution in [-0.4, -0.2) is 24.8 Å². The summed E-state index contributed by atoms with van der Waals surface area (Å²) in [7, 11) is 1.95. The number of rotatable bonds is 5. The molecule has 0 aliphatic rings. The van der Waals surface area contributed by atoms with Gasteiger partial charge in [0, 0.05) is 26.1 Å². The fourth-order valence-corrected chi connectivity index (χ4v) is 2.29. The largest absolute Gasteiger partial charge is 0.366 e. The SMILES string of the molecule is CCN(C)C=Nc1cc(F)c(Cc2cccc(C)c2)cc1C. The van der Waals surface area contributed by atoms with Gasteiger partial charge in [0.15, 0.2) is 0 Å². The Bertz CT molecular complexity index is 677. The number of aliphatic imine (C=N–C) groups is 1. The van der Waals surface area contributed by atoms with Gasteiger partial charge in [0.05, 0.1) is 12.0 Å². The Kier molecular flexibility index (Phi) is 5.31. The number of nitrogens with zero attached hydrogens (tertiary/aromatic N) is 2. The first-order chi connectivity index (χ1) is 10.5. The van der Waals surface area contributed by atoms with Crippen molar-refractivity contribution >= 4 is 12.0 Å². The molecule has 0 fully saturated rings. The van der Waals surface area contributed by atoms with Gasteiger partial charge in [-0.3, -0.25) is 0 Å². The van der Waals surface area contributed by atoms with E-state index in [2.05, 4.69) is 11.1 Å². The molecule has 0 spiro atoms. The first kappa shape index (κ1) is 16.2. The van der Waals surface area contributed by atoms with Gasteiger partial charge in [-0.15, -0.1) is 0 Å². The Morgan fingerprint density at radius 2 is 1.95 bits per heavy atom. The average molecular weight is 298 g/mol. The van der Waals surface area contributed by atoms with Gasteiger partial charge in [0.25, 0.3) is 0 Å². The third kappa shape index (κ3) is 4.17. The number of halogens is 1. The lowest BCUT2D eigenvalue weighted by molar-refractivity contribution is 0.552. The normalized spacial score (nSPS) is 11.1. The van der Waals surface area contributed by atoms with Crippen molar-refractivity contribution in [3.05, 3.63) is 64.5 Å². The summed E-state index contributed by atoms with van der Waals surface area (Å²) in [5.41, 5.74) is 4.71. The predicted molar refractivity (Wildman–Crippen MR) is 91.6 cm³/mol. The summed E-state index contributed by atoms with van der Waals surface area (Å²) >= 11 is 0. The van der Waals surface area contributed by atoms with E-state index in [-0.39, 0.29) is 5.82 Å². The van der Waals surface area contributed by atoms with Crippen molar-refractivity contribution in [3.63, 3.8) is 0 Å². The van der Waals surface area contributed by atoms with Crippen molar-refractivity contribution in [1.29, 1.82) is 0 Å². The van der Waals surface area contributed by atoms with E-state index in [1.54, 1.807) is 6.34 Å². The van der Waals surface area contributed by atoms with E-state index in [0.29, 0.717) is 17.7 Å². The molecule has 2 nitrogen and oxygen atoms in total. The molecule has 0 saturated heterocycles. The van der Waals surface area contributed by atoms with Crippen molar-refractivity contribution in [3.8, 4) is 0 Å². The van der Waals surface area contributed by atoms with Gasteiger partial charge in [-0.2, -0.15) is 0 Å². The van der Waals surface area contributed by atoms with E-state index in [1.807, 2.05) is 57.0 Å². The second-order valence-corrected chi connectivity index (χ2v) is 5.71. The summed E-state index contributed by atoms with van der Waals surface area (Å²) in [6.07, 6.45) is 2.34. The van der Waals surface area contributed by atoms with Crippen LogP contribution in [0.15, 0.2) is 41.4 Å². The van der Waals surface area contributed by atoms with Crippen LogP contribution in [0.5, 0.6) is 0 Å². The van der Waals surface area contributed by atoms with Gasteiger partial charge >= 0.3 is 0 Å². The lowest BCUT2D eigenvalue weighted by Crippen LogP contribution is -2.14. The van der Waals surface area contributed by atoms with Crippen LogP contribution in [0.3, 0.4) is 0 Å². The van der Waals surface area contributed by atoms with Gasteiger partial charge in [-0.1, -0.05) is 35.9 Å². The molecule has 0 aromatic heterocycles. The molecule has 0 aliphatic carbocycles. The predicted octanol–water partition coefficient (Wildman–Crippen LogP) is 4.64. The summed E-state index contributed by atoms with van der Waals surface area (Å²) in [6.45, 7) is 6.94. The highest BCUT2D eigenvalue weighted by molar-refractivity contribution is 5.63. The van der Waals surface area contributed by atoms with Crippen molar-refractivity contribution in [2.24, 2.45) is 4.99 Å². The standard InChI is InChI=1S/C19H23FN2/c1-5-22(4)13-21-19-12-18(20)17(10-15(19)3)11-16-8-6-7-14(2)9-16/h6-10,12-13H,5,11H2,1-4H3. The number of hydrogen-bond donors (Lipinski definition) is 0. The second kappa shape index (κ2) is 7.21. The van der Waals surface area contributed by atoms with Crippen LogP contribution in [0, 0.1) is 19.7 Å². The van der Waals surface area contributed by atoms with Crippen molar-refractivity contribution in [1.82, 2.24) is 4.90 Å². The highest BCUT2D eigenvalue weighted by Crippen LogP contribution is 2.24. The van der Waals surface area contributed by atoms with E-state index in [9.17, 15) is 4.39 Å². The van der Waals surface area contributed by atoms with Gasteiger partial charge in [-0.25, -0.2) is 9.38 Å². The number of hydrogen-bond acceptors (Lipinski definition) is 1. The van der Waals surface area contributed by atoms with Gasteiger partial charge in [0.1, 0.15) is 5.82 Å². The molecule has 0 bridgehead atoms. The summed E-state index contributed by atoms with van der Waals surface area (Å²) in [5.74, 6) is -0.196. The summed E-state index contributed by atoms with van der Waals surface area (Å²) in [5, 5.41) is 0. The van der Waals surface area contributed by atoms with E-state index in [0.717, 1.165) is 17.7 Å². The minimum Gasteiger partial charge on any atom is -0.366 e. The molecule has 22 heavy (non-hydrogen) atoms. The van der Waals surface area contributed by atoms with E-state index < -0.39 is 0 Å². The molecule has 0 atom stereocenters. The van der Waals surface area contributed by atoms with Crippen molar-refractivity contribution < 1.29 is 4.39 Å². The maximum absolute atomic E-state index is 14.3. The Hall–Kier alpha value is -2.16. The van der Waals surface area contributed by atoms with Crippen LogP contribution < -0.4 is 0 Å². The molecule has 0 saturated carbocycles. The summed E-state index contributed by atoms with van der Waals surface area (Å²) < 4.78 is 14.3. The molecular formula is C19H23FN2. The quantitative estimate of drug-likeness (QED) is 0.580. The molecule has 0 amide bonds. The van der Waals surface area contributed by atoms with E-state index in [1.165, 1.54) is 11.6 Å². The number of aryl methyl sites for hydroxylation is 2. The monoisotopic (exact) mass is 298 g/mol.